The van der Waals surface area contributed by atoms with Crippen molar-refractivity contribution < 1.29 is 4.92 Å². The van der Waals surface area contributed by atoms with Crippen LogP contribution in [0.15, 0.2) is 24.3 Å². The van der Waals surface area contributed by atoms with Gasteiger partial charge in [-0.25, -0.2) is 0 Å². The number of benzene rings is 1. The molecule has 0 fully saturated rings. The average Bonchev–Trinajstić information content (AvgIpc) is 2.67. The third-order valence-electron chi connectivity index (χ3n) is 3.67. The molecule has 0 aliphatic carbocycles. The molecule has 4 heteroatoms. The number of hydrogen-bond donors (Lipinski definition) is 1. The molecule has 2 aromatic rings. The van der Waals surface area contributed by atoms with E-state index in [-0.39, 0.29) is 10.8 Å². The maximum absolute atomic E-state index is 11.0. The van der Waals surface area contributed by atoms with Gasteiger partial charge in [-0.05, 0) is 25.0 Å². The second-order valence-electron chi connectivity index (χ2n) is 4.75. The molecule has 0 saturated carbocycles. The van der Waals surface area contributed by atoms with E-state index in [9.17, 15) is 10.1 Å². The number of aryl methyl sites for hydroxylation is 1. The van der Waals surface area contributed by atoms with Gasteiger partial charge in [0.15, 0.2) is 0 Å². The normalized spacial score (nSPS) is 14.6. The van der Waals surface area contributed by atoms with E-state index < -0.39 is 6.04 Å². The smallest absolute Gasteiger partial charge is 0.217 e. The molecule has 4 nitrogen and oxygen atoms in total. The minimum absolute atomic E-state index is 0.0452. The van der Waals surface area contributed by atoms with Crippen molar-refractivity contribution in [3.8, 4) is 0 Å². The standard InChI is InChI=1S/C14H18N2O2/c1-4-11(10(3)16(17)18)14-9(2)15-13-8-6-5-7-12(13)14/h5-8,10-11,15H,4H2,1-3H3. The van der Waals surface area contributed by atoms with E-state index in [0.29, 0.717) is 0 Å². The Morgan fingerprint density at radius 3 is 2.67 bits per heavy atom. The highest BCUT2D eigenvalue weighted by Crippen LogP contribution is 2.33. The summed E-state index contributed by atoms with van der Waals surface area (Å²) in [7, 11) is 0. The Morgan fingerprint density at radius 2 is 2.06 bits per heavy atom. The summed E-state index contributed by atoms with van der Waals surface area (Å²) in [6.07, 6.45) is 0.769. The van der Waals surface area contributed by atoms with Crippen LogP contribution in [0.5, 0.6) is 0 Å². The lowest BCUT2D eigenvalue weighted by Gasteiger charge is -2.17. The van der Waals surface area contributed by atoms with Crippen molar-refractivity contribution in [3.63, 3.8) is 0 Å². The van der Waals surface area contributed by atoms with Gasteiger partial charge in [0.1, 0.15) is 0 Å². The van der Waals surface area contributed by atoms with Crippen LogP contribution in [0.2, 0.25) is 0 Å². The van der Waals surface area contributed by atoms with Crippen LogP contribution in [-0.4, -0.2) is 15.9 Å². The van der Waals surface area contributed by atoms with Gasteiger partial charge in [0, 0.05) is 28.4 Å². The van der Waals surface area contributed by atoms with E-state index in [4.69, 9.17) is 0 Å². The molecular weight excluding hydrogens is 228 g/mol. The summed E-state index contributed by atoms with van der Waals surface area (Å²) in [6, 6.07) is 7.43. The predicted octanol–water partition coefficient (Wildman–Crippen LogP) is 3.64. The fraction of sp³-hybridized carbons (Fsp3) is 0.429. The summed E-state index contributed by atoms with van der Waals surface area (Å²) in [5.74, 6) is -0.0452. The van der Waals surface area contributed by atoms with Crippen LogP contribution in [0.4, 0.5) is 0 Å². The third kappa shape index (κ3) is 1.98. The zero-order valence-corrected chi connectivity index (χ0v) is 10.9. The van der Waals surface area contributed by atoms with Gasteiger partial charge in [-0.3, -0.25) is 10.1 Å². The Morgan fingerprint density at radius 1 is 1.39 bits per heavy atom. The van der Waals surface area contributed by atoms with Crippen LogP contribution < -0.4 is 0 Å². The fourth-order valence-electron chi connectivity index (χ4n) is 2.71. The van der Waals surface area contributed by atoms with Gasteiger partial charge < -0.3 is 4.98 Å². The van der Waals surface area contributed by atoms with Crippen molar-refractivity contribution in [1.29, 1.82) is 0 Å². The lowest BCUT2D eigenvalue weighted by atomic mass is 9.88. The fourth-order valence-corrected chi connectivity index (χ4v) is 2.71. The molecule has 1 aromatic heterocycles. The van der Waals surface area contributed by atoms with Crippen LogP contribution in [0.1, 0.15) is 37.4 Å². The molecular formula is C14H18N2O2. The van der Waals surface area contributed by atoms with E-state index in [2.05, 4.69) is 4.98 Å². The Kier molecular flexibility index (Phi) is 3.36. The van der Waals surface area contributed by atoms with Gasteiger partial charge in [-0.15, -0.1) is 0 Å². The van der Waals surface area contributed by atoms with Crippen molar-refractivity contribution in [1.82, 2.24) is 4.98 Å². The van der Waals surface area contributed by atoms with E-state index in [1.54, 1.807) is 6.92 Å². The number of hydrogen-bond acceptors (Lipinski definition) is 2. The molecule has 1 aromatic carbocycles. The van der Waals surface area contributed by atoms with E-state index in [1.165, 1.54) is 0 Å². The van der Waals surface area contributed by atoms with Crippen LogP contribution in [0.3, 0.4) is 0 Å². The molecule has 0 amide bonds. The number of nitrogens with zero attached hydrogens (tertiary/aromatic N) is 1. The second-order valence-corrected chi connectivity index (χ2v) is 4.75. The Balaban J connectivity index is 2.57. The van der Waals surface area contributed by atoms with Gasteiger partial charge in [0.2, 0.25) is 6.04 Å². The molecule has 0 bridgehead atoms. The van der Waals surface area contributed by atoms with Crippen LogP contribution in [0, 0.1) is 17.0 Å². The van der Waals surface area contributed by atoms with Crippen molar-refractivity contribution in [3.05, 3.63) is 45.6 Å². The number of nitro groups is 1. The van der Waals surface area contributed by atoms with Crippen molar-refractivity contribution in [2.45, 2.75) is 39.2 Å². The number of aromatic nitrogens is 1. The molecule has 96 valence electrons. The topological polar surface area (TPSA) is 58.9 Å². The second kappa shape index (κ2) is 4.80. The molecule has 0 saturated heterocycles. The van der Waals surface area contributed by atoms with Gasteiger partial charge in [0.05, 0.1) is 5.92 Å². The van der Waals surface area contributed by atoms with Gasteiger partial charge in [-0.2, -0.15) is 0 Å². The van der Waals surface area contributed by atoms with Crippen LogP contribution >= 0.6 is 0 Å². The molecule has 2 atom stereocenters. The quantitative estimate of drug-likeness (QED) is 0.661. The van der Waals surface area contributed by atoms with Crippen LogP contribution in [0.25, 0.3) is 10.9 Å². The summed E-state index contributed by atoms with van der Waals surface area (Å²) in [6.45, 7) is 5.69. The van der Waals surface area contributed by atoms with Gasteiger partial charge in [-0.1, -0.05) is 25.1 Å². The number of aromatic amines is 1. The Bertz CT molecular complexity index is 574. The van der Waals surface area contributed by atoms with Crippen molar-refractivity contribution in [2.75, 3.05) is 0 Å². The summed E-state index contributed by atoms with van der Waals surface area (Å²) >= 11 is 0. The Labute approximate surface area is 106 Å². The number of fused-ring (bicyclic) bond motifs is 1. The predicted molar refractivity (Wildman–Crippen MR) is 72.5 cm³/mol. The maximum atomic E-state index is 11.0. The zero-order valence-electron chi connectivity index (χ0n) is 10.9. The average molecular weight is 246 g/mol. The van der Waals surface area contributed by atoms with E-state index in [1.807, 2.05) is 38.1 Å². The molecule has 1 heterocycles. The Hall–Kier alpha value is -1.84. The summed E-state index contributed by atoms with van der Waals surface area (Å²) < 4.78 is 0. The maximum Gasteiger partial charge on any atom is 0.217 e. The van der Waals surface area contributed by atoms with Gasteiger partial charge in [0.25, 0.3) is 0 Å². The van der Waals surface area contributed by atoms with Crippen molar-refractivity contribution >= 4 is 10.9 Å². The minimum Gasteiger partial charge on any atom is -0.358 e. The van der Waals surface area contributed by atoms with Gasteiger partial charge >= 0.3 is 0 Å². The summed E-state index contributed by atoms with van der Waals surface area (Å²) in [5, 5.41) is 12.1. The molecule has 0 aliphatic heterocycles. The largest absolute Gasteiger partial charge is 0.358 e. The van der Waals surface area contributed by atoms with Crippen LogP contribution in [-0.2, 0) is 0 Å². The SMILES string of the molecule is CCC(c1c(C)[nH]c2ccccc12)C(C)[N+](=O)[O-]. The highest BCUT2D eigenvalue weighted by atomic mass is 16.6. The van der Waals surface area contributed by atoms with E-state index >= 15 is 0 Å². The highest BCUT2D eigenvalue weighted by Gasteiger charge is 2.29. The molecule has 0 spiro atoms. The highest BCUT2D eigenvalue weighted by molar-refractivity contribution is 5.85. The zero-order chi connectivity index (χ0) is 13.3. The number of nitrogens with one attached hydrogen (secondary N) is 1. The molecule has 1 N–H and O–H groups in total. The molecule has 18 heavy (non-hydrogen) atoms. The monoisotopic (exact) mass is 246 g/mol. The molecule has 2 unspecified atom stereocenters. The molecule has 2 rings (SSSR count). The van der Waals surface area contributed by atoms with Crippen molar-refractivity contribution in [2.24, 2.45) is 0 Å². The first kappa shape index (κ1) is 12.6. The first-order valence-corrected chi connectivity index (χ1v) is 6.27. The first-order chi connectivity index (χ1) is 8.56. The summed E-state index contributed by atoms with van der Waals surface area (Å²) in [4.78, 5) is 14.2. The number of H-pyrrole nitrogens is 1. The first-order valence-electron chi connectivity index (χ1n) is 6.27. The number of rotatable bonds is 4. The molecule has 0 radical (unpaired) electrons. The molecule has 0 aliphatic rings. The summed E-state index contributed by atoms with van der Waals surface area (Å²) in [5.41, 5.74) is 3.19. The lowest BCUT2D eigenvalue weighted by molar-refractivity contribution is -0.522. The number of para-hydroxylation sites is 1. The third-order valence-corrected chi connectivity index (χ3v) is 3.67. The van der Waals surface area contributed by atoms with E-state index in [0.717, 1.165) is 28.6 Å². The lowest BCUT2D eigenvalue weighted by Crippen LogP contribution is -2.24. The minimum atomic E-state index is -0.562.